The molecule has 0 fully saturated rings. The summed E-state index contributed by atoms with van der Waals surface area (Å²) in [6.45, 7) is 6.53. The maximum Gasteiger partial charge on any atom is 0.417 e. The van der Waals surface area contributed by atoms with Gasteiger partial charge < -0.3 is 4.74 Å². The lowest BCUT2D eigenvalue weighted by atomic mass is 9.96. The molecule has 0 aliphatic carbocycles. The summed E-state index contributed by atoms with van der Waals surface area (Å²) in [5.74, 6) is 0.638. The Morgan fingerprint density at radius 2 is 2.12 bits per heavy atom. The Labute approximate surface area is 95.4 Å². The van der Waals surface area contributed by atoms with Crippen LogP contribution < -0.4 is 4.74 Å². The molecule has 0 N–H and O–H groups in total. The maximum atomic E-state index is 8.34. The molecule has 1 heterocycles. The van der Waals surface area contributed by atoms with Gasteiger partial charge in [0.25, 0.3) is 0 Å². The van der Waals surface area contributed by atoms with Gasteiger partial charge in [-0.3, -0.25) is 4.52 Å². The van der Waals surface area contributed by atoms with Crippen molar-refractivity contribution in [3.63, 3.8) is 0 Å². The topological polar surface area (TPSA) is 71.9 Å². The van der Waals surface area contributed by atoms with E-state index in [1.165, 1.54) is 0 Å². The highest BCUT2D eigenvalue weighted by atomic mass is 16.6. The number of unbranched alkanes of at least 4 members (excludes halogenated alkanes) is 2. The molecule has 1 rings (SSSR count). The lowest BCUT2D eigenvalue weighted by Gasteiger charge is -2.10. The number of rotatable bonds is 5. The Morgan fingerprint density at radius 1 is 1.38 bits per heavy atom. The van der Waals surface area contributed by atoms with Crippen LogP contribution >= 0.6 is 0 Å². The normalized spacial score (nSPS) is 11.1. The summed E-state index contributed by atoms with van der Waals surface area (Å²) in [4.78, 5) is 4.13. The molecule has 0 aliphatic rings. The van der Waals surface area contributed by atoms with Crippen molar-refractivity contribution in [3.8, 4) is 12.1 Å². The van der Waals surface area contributed by atoms with Crippen LogP contribution in [0.15, 0.2) is 4.52 Å². The monoisotopic (exact) mass is 223 g/mol. The second-order valence-electron chi connectivity index (χ2n) is 4.60. The molecular formula is C11H17N3O2. The number of nitrogens with zero attached hydrogens (tertiary/aromatic N) is 3. The summed E-state index contributed by atoms with van der Waals surface area (Å²) >= 11 is 0. The van der Waals surface area contributed by atoms with Crippen LogP contribution in [0.3, 0.4) is 0 Å². The molecule has 0 bridgehead atoms. The Hall–Kier alpha value is -1.57. The van der Waals surface area contributed by atoms with Crippen LogP contribution in [-0.2, 0) is 5.41 Å². The SMILES string of the molecule is CC(C)(C)c1noc(OCCCCC#N)n1. The third-order valence-electron chi connectivity index (χ3n) is 1.99. The predicted octanol–water partition coefficient (Wildman–Crippen LogP) is 2.44. The molecule has 0 saturated carbocycles. The zero-order valence-corrected chi connectivity index (χ0v) is 9.99. The first-order valence-electron chi connectivity index (χ1n) is 5.38. The molecule has 0 atom stereocenters. The van der Waals surface area contributed by atoms with Crippen LogP contribution in [0, 0.1) is 11.3 Å². The van der Waals surface area contributed by atoms with E-state index in [-0.39, 0.29) is 11.5 Å². The molecule has 0 unspecified atom stereocenters. The van der Waals surface area contributed by atoms with E-state index in [0.717, 1.165) is 12.8 Å². The van der Waals surface area contributed by atoms with Crippen molar-refractivity contribution < 1.29 is 9.26 Å². The van der Waals surface area contributed by atoms with Crippen LogP contribution in [0.5, 0.6) is 6.08 Å². The van der Waals surface area contributed by atoms with Gasteiger partial charge >= 0.3 is 6.08 Å². The first-order valence-corrected chi connectivity index (χ1v) is 5.38. The second-order valence-corrected chi connectivity index (χ2v) is 4.60. The molecule has 0 saturated heterocycles. The van der Waals surface area contributed by atoms with Crippen molar-refractivity contribution in [2.24, 2.45) is 0 Å². The molecule has 16 heavy (non-hydrogen) atoms. The van der Waals surface area contributed by atoms with E-state index in [1.54, 1.807) is 0 Å². The van der Waals surface area contributed by atoms with Gasteiger partial charge in [0, 0.05) is 11.8 Å². The Morgan fingerprint density at radius 3 is 2.69 bits per heavy atom. The maximum absolute atomic E-state index is 8.34. The Kier molecular flexibility index (Phi) is 4.29. The molecule has 5 nitrogen and oxygen atoms in total. The third-order valence-corrected chi connectivity index (χ3v) is 1.99. The fourth-order valence-corrected chi connectivity index (χ4v) is 1.04. The smallest absolute Gasteiger partial charge is 0.417 e. The fraction of sp³-hybridized carbons (Fsp3) is 0.727. The van der Waals surface area contributed by atoms with E-state index < -0.39 is 0 Å². The largest absolute Gasteiger partial charge is 0.449 e. The van der Waals surface area contributed by atoms with E-state index in [1.807, 2.05) is 20.8 Å². The van der Waals surface area contributed by atoms with Crippen LogP contribution in [0.1, 0.15) is 45.9 Å². The third kappa shape index (κ3) is 3.89. The number of aromatic nitrogens is 2. The highest BCUT2D eigenvalue weighted by Gasteiger charge is 2.21. The Bertz CT molecular complexity index is 360. The van der Waals surface area contributed by atoms with Crippen molar-refractivity contribution in [2.45, 2.75) is 45.4 Å². The molecule has 1 aromatic rings. The molecule has 0 radical (unpaired) electrons. The highest BCUT2D eigenvalue weighted by molar-refractivity contribution is 5.01. The van der Waals surface area contributed by atoms with E-state index >= 15 is 0 Å². The minimum Gasteiger partial charge on any atom is -0.449 e. The van der Waals surface area contributed by atoms with Crippen molar-refractivity contribution in [3.05, 3.63) is 5.82 Å². The van der Waals surface area contributed by atoms with E-state index in [9.17, 15) is 0 Å². The predicted molar refractivity (Wildman–Crippen MR) is 58.0 cm³/mol. The van der Waals surface area contributed by atoms with E-state index in [2.05, 4.69) is 16.2 Å². The van der Waals surface area contributed by atoms with Crippen molar-refractivity contribution in [1.29, 1.82) is 5.26 Å². The van der Waals surface area contributed by atoms with Gasteiger partial charge in [-0.1, -0.05) is 25.9 Å². The lowest BCUT2D eigenvalue weighted by molar-refractivity contribution is 0.200. The summed E-state index contributed by atoms with van der Waals surface area (Å²) in [7, 11) is 0. The van der Waals surface area contributed by atoms with Crippen LogP contribution in [0.4, 0.5) is 0 Å². The quantitative estimate of drug-likeness (QED) is 0.717. The standard InChI is InChI=1S/C11H17N3O2/c1-11(2,3)9-13-10(16-14-9)15-8-6-4-5-7-12/h4-6,8H2,1-3H3. The summed E-state index contributed by atoms with van der Waals surface area (Å²) in [6, 6.07) is 2.08. The second kappa shape index (κ2) is 5.50. The number of hydrogen-bond acceptors (Lipinski definition) is 5. The van der Waals surface area contributed by atoms with Crippen molar-refractivity contribution in [1.82, 2.24) is 10.1 Å². The summed E-state index contributed by atoms with van der Waals surface area (Å²) in [5, 5.41) is 12.2. The molecule has 0 aliphatic heterocycles. The zero-order chi connectivity index (χ0) is 12.0. The van der Waals surface area contributed by atoms with Gasteiger partial charge in [-0.2, -0.15) is 10.2 Å². The molecule has 1 aromatic heterocycles. The molecule has 0 aromatic carbocycles. The van der Waals surface area contributed by atoms with Crippen molar-refractivity contribution in [2.75, 3.05) is 6.61 Å². The molecule has 5 heteroatoms. The molecule has 0 spiro atoms. The molecule has 0 amide bonds. The fourth-order valence-electron chi connectivity index (χ4n) is 1.04. The molecule has 88 valence electrons. The molecular weight excluding hydrogens is 206 g/mol. The van der Waals surface area contributed by atoms with Crippen LogP contribution in [0.2, 0.25) is 0 Å². The first-order chi connectivity index (χ1) is 7.54. The van der Waals surface area contributed by atoms with Gasteiger partial charge in [0.05, 0.1) is 12.7 Å². The van der Waals surface area contributed by atoms with Crippen LogP contribution in [0.25, 0.3) is 0 Å². The van der Waals surface area contributed by atoms with Crippen molar-refractivity contribution >= 4 is 0 Å². The first kappa shape index (κ1) is 12.5. The minimum absolute atomic E-state index is 0.133. The van der Waals surface area contributed by atoms with Gasteiger partial charge in [-0.15, -0.1) is 0 Å². The summed E-state index contributed by atoms with van der Waals surface area (Å²) < 4.78 is 10.2. The average Bonchev–Trinajstić information content (AvgIpc) is 2.65. The summed E-state index contributed by atoms with van der Waals surface area (Å²) in [5.41, 5.74) is -0.133. The van der Waals surface area contributed by atoms with Gasteiger partial charge in [0.2, 0.25) is 0 Å². The average molecular weight is 223 g/mol. The minimum atomic E-state index is -0.133. The highest BCUT2D eigenvalue weighted by Crippen LogP contribution is 2.20. The van der Waals surface area contributed by atoms with Gasteiger partial charge in [-0.25, -0.2) is 0 Å². The van der Waals surface area contributed by atoms with E-state index in [4.69, 9.17) is 14.5 Å². The summed E-state index contributed by atoms with van der Waals surface area (Å²) in [6.07, 6.45) is 2.42. The van der Waals surface area contributed by atoms with Gasteiger partial charge in [-0.05, 0) is 12.8 Å². The lowest BCUT2D eigenvalue weighted by Crippen LogP contribution is -2.13. The number of nitriles is 1. The number of ether oxygens (including phenoxy) is 1. The van der Waals surface area contributed by atoms with Gasteiger partial charge in [0.1, 0.15) is 0 Å². The van der Waals surface area contributed by atoms with E-state index in [0.29, 0.717) is 18.9 Å². The zero-order valence-electron chi connectivity index (χ0n) is 9.99. The number of hydrogen-bond donors (Lipinski definition) is 0. The Balaban J connectivity index is 2.33. The van der Waals surface area contributed by atoms with Gasteiger partial charge in [0.15, 0.2) is 5.82 Å². The van der Waals surface area contributed by atoms with Crippen LogP contribution in [-0.4, -0.2) is 16.7 Å².